The molecule has 0 saturated heterocycles. The van der Waals surface area contributed by atoms with E-state index >= 15 is 0 Å². The maximum atomic E-state index is 13.5. The maximum absolute atomic E-state index is 13.5. The lowest BCUT2D eigenvalue weighted by Crippen LogP contribution is -2.26. The second-order valence-corrected chi connectivity index (χ2v) is 8.29. The summed E-state index contributed by atoms with van der Waals surface area (Å²) in [4.78, 5) is 18.1. The van der Waals surface area contributed by atoms with Crippen molar-refractivity contribution in [1.29, 1.82) is 0 Å². The largest absolute Gasteiger partial charge is 0.380 e. The van der Waals surface area contributed by atoms with E-state index in [0.29, 0.717) is 0 Å². The molecule has 0 aliphatic heterocycles. The van der Waals surface area contributed by atoms with E-state index in [1.54, 1.807) is 14.2 Å². The normalized spacial score (nSPS) is 22.9. The zero-order chi connectivity index (χ0) is 23.3. The number of ketones is 1. The Morgan fingerprint density at radius 2 is 1.12 bits per heavy atom. The van der Waals surface area contributed by atoms with Crippen LogP contribution in [0.4, 0.5) is 11.4 Å². The third-order valence-corrected chi connectivity index (χ3v) is 6.91. The summed E-state index contributed by atoms with van der Waals surface area (Å²) < 4.78 is 11.7. The molecule has 0 spiro atoms. The molecular formula is C27H38N2O3. The van der Waals surface area contributed by atoms with Gasteiger partial charge < -0.3 is 19.3 Å². The van der Waals surface area contributed by atoms with Crippen molar-refractivity contribution in [3.8, 4) is 0 Å². The first-order valence-electron chi connectivity index (χ1n) is 11.8. The van der Waals surface area contributed by atoms with Crippen molar-refractivity contribution >= 4 is 17.2 Å². The minimum absolute atomic E-state index is 0.0905. The zero-order valence-electron chi connectivity index (χ0n) is 20.4. The van der Waals surface area contributed by atoms with Crippen molar-refractivity contribution in [2.24, 2.45) is 0 Å². The van der Waals surface area contributed by atoms with E-state index in [2.05, 4.69) is 86.0 Å². The number of hydrogen-bond donors (Lipinski definition) is 0. The smallest absolute Gasteiger partial charge is 0.172 e. The van der Waals surface area contributed by atoms with Crippen LogP contribution in [0.15, 0.2) is 48.5 Å². The van der Waals surface area contributed by atoms with Crippen molar-refractivity contribution in [3.63, 3.8) is 0 Å². The Hall–Kier alpha value is -2.37. The summed E-state index contributed by atoms with van der Waals surface area (Å²) in [6.07, 6.45) is -0.794. The highest BCUT2D eigenvalue weighted by Gasteiger charge is 2.51. The van der Waals surface area contributed by atoms with E-state index in [4.69, 9.17) is 9.47 Å². The molecule has 2 aromatic rings. The van der Waals surface area contributed by atoms with Crippen LogP contribution in [0.2, 0.25) is 0 Å². The van der Waals surface area contributed by atoms with Gasteiger partial charge in [0.2, 0.25) is 0 Å². The SMILES string of the molecule is CCN(CC)c1ccc(C2C(=O)C(OC)C(c3ccc(N(CC)CC)cc3)C2OC)cc1. The third kappa shape index (κ3) is 4.55. The van der Waals surface area contributed by atoms with Crippen LogP contribution < -0.4 is 9.80 Å². The Morgan fingerprint density at radius 1 is 0.688 bits per heavy atom. The van der Waals surface area contributed by atoms with E-state index in [-0.39, 0.29) is 23.7 Å². The molecule has 174 valence electrons. The minimum atomic E-state index is -0.522. The van der Waals surface area contributed by atoms with E-state index in [1.807, 2.05) is 0 Å². The lowest BCUT2D eigenvalue weighted by atomic mass is 9.89. The molecule has 0 aromatic heterocycles. The van der Waals surface area contributed by atoms with Gasteiger partial charge in [0.1, 0.15) is 6.10 Å². The number of benzene rings is 2. The lowest BCUT2D eigenvalue weighted by Gasteiger charge is -2.26. The van der Waals surface area contributed by atoms with Crippen LogP contribution in [0.3, 0.4) is 0 Å². The van der Waals surface area contributed by atoms with E-state index in [9.17, 15) is 4.79 Å². The van der Waals surface area contributed by atoms with Gasteiger partial charge in [0.25, 0.3) is 0 Å². The van der Waals surface area contributed by atoms with E-state index in [0.717, 1.165) is 37.3 Å². The molecule has 5 nitrogen and oxygen atoms in total. The lowest BCUT2D eigenvalue weighted by molar-refractivity contribution is -0.127. The quantitative estimate of drug-likeness (QED) is 0.530. The Morgan fingerprint density at radius 3 is 1.50 bits per heavy atom. The number of hydrogen-bond acceptors (Lipinski definition) is 5. The first-order chi connectivity index (χ1) is 15.5. The number of rotatable bonds is 10. The summed E-state index contributed by atoms with van der Waals surface area (Å²) in [5.74, 6) is -0.397. The second-order valence-electron chi connectivity index (χ2n) is 8.29. The van der Waals surface area contributed by atoms with Gasteiger partial charge in [-0.2, -0.15) is 0 Å². The predicted octanol–water partition coefficient (Wildman–Crippen LogP) is 4.86. The highest BCUT2D eigenvalue weighted by Crippen LogP contribution is 2.45. The van der Waals surface area contributed by atoms with Gasteiger partial charge in [0.05, 0.1) is 12.0 Å². The molecule has 1 aliphatic rings. The molecule has 0 amide bonds. The van der Waals surface area contributed by atoms with E-state index in [1.165, 1.54) is 11.4 Å². The van der Waals surface area contributed by atoms with Gasteiger partial charge in [0.15, 0.2) is 5.78 Å². The zero-order valence-corrected chi connectivity index (χ0v) is 20.4. The molecule has 0 bridgehead atoms. The Labute approximate surface area is 193 Å². The molecule has 1 fully saturated rings. The molecule has 0 radical (unpaired) electrons. The number of carbonyl (C=O) groups excluding carboxylic acids is 1. The molecule has 5 heteroatoms. The first kappa shape index (κ1) is 24.3. The van der Waals surface area contributed by atoms with Crippen molar-refractivity contribution in [1.82, 2.24) is 0 Å². The fourth-order valence-electron chi connectivity index (χ4n) is 5.14. The molecule has 4 unspecified atom stereocenters. The summed E-state index contributed by atoms with van der Waals surface area (Å²) in [5.41, 5.74) is 4.43. The summed E-state index contributed by atoms with van der Waals surface area (Å²) >= 11 is 0. The molecule has 4 atom stereocenters. The van der Waals surface area contributed by atoms with Gasteiger partial charge >= 0.3 is 0 Å². The van der Waals surface area contributed by atoms with Crippen molar-refractivity contribution < 1.29 is 14.3 Å². The monoisotopic (exact) mass is 438 g/mol. The Bertz CT molecular complexity index is 857. The molecule has 3 rings (SSSR count). The van der Waals surface area contributed by atoms with Crippen LogP contribution in [0, 0.1) is 0 Å². The summed E-state index contributed by atoms with van der Waals surface area (Å²) in [5, 5.41) is 0. The summed E-state index contributed by atoms with van der Waals surface area (Å²) in [6.45, 7) is 12.5. The van der Waals surface area contributed by atoms with Gasteiger partial charge in [-0.05, 0) is 63.1 Å². The summed E-state index contributed by atoms with van der Waals surface area (Å²) in [7, 11) is 3.32. The maximum Gasteiger partial charge on any atom is 0.172 e. The third-order valence-electron chi connectivity index (χ3n) is 6.91. The number of ether oxygens (including phenoxy) is 2. The Kier molecular flexibility index (Phi) is 8.32. The first-order valence-corrected chi connectivity index (χ1v) is 11.8. The summed E-state index contributed by atoms with van der Waals surface area (Å²) in [6, 6.07) is 16.9. The highest BCUT2D eigenvalue weighted by molar-refractivity contribution is 5.94. The highest BCUT2D eigenvalue weighted by atomic mass is 16.5. The minimum Gasteiger partial charge on any atom is -0.380 e. The number of methoxy groups -OCH3 is 2. The molecule has 32 heavy (non-hydrogen) atoms. The number of Topliss-reactive ketones (excluding diaryl/α,β-unsaturated/α-hetero) is 1. The van der Waals surface area contributed by atoms with Gasteiger partial charge in [0, 0.05) is 57.7 Å². The number of carbonyl (C=O) groups is 1. The van der Waals surface area contributed by atoms with Crippen molar-refractivity contribution in [2.75, 3.05) is 50.2 Å². The molecule has 0 N–H and O–H groups in total. The molecule has 0 heterocycles. The average molecular weight is 439 g/mol. The molecule has 2 aromatic carbocycles. The number of anilines is 2. The number of nitrogens with zero attached hydrogens (tertiary/aromatic N) is 2. The Balaban J connectivity index is 1.93. The van der Waals surface area contributed by atoms with Crippen molar-refractivity contribution in [3.05, 3.63) is 59.7 Å². The van der Waals surface area contributed by atoms with Crippen LogP contribution in [0.5, 0.6) is 0 Å². The fraction of sp³-hybridized carbons (Fsp3) is 0.519. The second kappa shape index (κ2) is 11.0. The van der Waals surface area contributed by atoms with Crippen LogP contribution >= 0.6 is 0 Å². The average Bonchev–Trinajstić information content (AvgIpc) is 3.12. The molecule has 1 aliphatic carbocycles. The standard InChI is InChI=1S/C27H38N2O3/c1-7-28(8-2)21-15-11-19(12-16-21)23-25(30)27(32-6)24(26(23)31-5)20-13-17-22(18-14-20)29(9-3)10-4/h11-18,23-24,26-27H,7-10H2,1-6H3. The van der Waals surface area contributed by atoms with Gasteiger partial charge in [-0.25, -0.2) is 0 Å². The van der Waals surface area contributed by atoms with Crippen LogP contribution in [0.25, 0.3) is 0 Å². The van der Waals surface area contributed by atoms with Crippen LogP contribution in [-0.2, 0) is 14.3 Å². The fourth-order valence-corrected chi connectivity index (χ4v) is 5.14. The van der Waals surface area contributed by atoms with Crippen molar-refractivity contribution in [2.45, 2.75) is 51.7 Å². The molecule has 1 saturated carbocycles. The van der Waals surface area contributed by atoms with Gasteiger partial charge in [-0.15, -0.1) is 0 Å². The van der Waals surface area contributed by atoms with Gasteiger partial charge in [-0.1, -0.05) is 24.3 Å². The van der Waals surface area contributed by atoms with Gasteiger partial charge in [-0.3, -0.25) is 4.79 Å². The van der Waals surface area contributed by atoms with Crippen LogP contribution in [-0.4, -0.2) is 58.4 Å². The predicted molar refractivity (Wildman–Crippen MR) is 132 cm³/mol. The van der Waals surface area contributed by atoms with E-state index < -0.39 is 6.10 Å². The van der Waals surface area contributed by atoms with Crippen LogP contribution in [0.1, 0.15) is 50.7 Å². The topological polar surface area (TPSA) is 42.0 Å². The molecular weight excluding hydrogens is 400 g/mol.